The van der Waals surface area contributed by atoms with E-state index < -0.39 is 113 Å². The lowest BCUT2D eigenvalue weighted by Crippen LogP contribution is -2.66. The maximum absolute atomic E-state index is 14.4. The van der Waals surface area contributed by atoms with Gasteiger partial charge in [-0.25, -0.2) is 0 Å². The Balaban J connectivity index is 1.32. The Kier molecular flexibility index (Phi) is 17.6. The smallest absolute Gasteiger partial charge is 0.306 e. The number of rotatable bonds is 23. The third kappa shape index (κ3) is 11.4. The van der Waals surface area contributed by atoms with Crippen LogP contribution < -0.4 is 0 Å². The lowest BCUT2D eigenvalue weighted by molar-refractivity contribution is -0.228. The largest absolute Gasteiger partial charge is 0.458 e. The molecule has 2 fully saturated rings. The normalized spacial score (nSPS) is 27.5. The van der Waals surface area contributed by atoms with E-state index in [9.17, 15) is 46.0 Å². The average Bonchev–Trinajstić information content (AvgIpc) is 3.73. The molecular formula is C52H64N2O13S4. The third-order valence-electron chi connectivity index (χ3n) is 15.0. The first-order valence-corrected chi connectivity index (χ1v) is 27.9. The number of aliphatic hydroxyl groups is 2. The number of fused-ring (bicyclic) bond motifs is 5. The summed E-state index contributed by atoms with van der Waals surface area (Å²) in [5.41, 5.74) is -6.22. The molecule has 384 valence electrons. The highest BCUT2D eigenvalue weighted by Gasteiger charge is 2.88. The Morgan fingerprint density at radius 1 is 0.845 bits per heavy atom. The van der Waals surface area contributed by atoms with Gasteiger partial charge in [0.25, 0.3) is 20.2 Å². The maximum Gasteiger partial charge on any atom is 0.306 e. The highest BCUT2D eigenvalue weighted by molar-refractivity contribution is 7.87. The second kappa shape index (κ2) is 22.4. The lowest BCUT2D eigenvalue weighted by atomic mass is 9.59. The number of benzene rings is 2. The van der Waals surface area contributed by atoms with Crippen molar-refractivity contribution in [3.8, 4) is 0 Å². The van der Waals surface area contributed by atoms with E-state index in [-0.39, 0.29) is 40.1 Å². The Labute approximate surface area is 427 Å². The van der Waals surface area contributed by atoms with Gasteiger partial charge in [0.2, 0.25) is 0 Å². The van der Waals surface area contributed by atoms with Gasteiger partial charge in [-0.1, -0.05) is 128 Å². The predicted octanol–water partition coefficient (Wildman–Crippen LogP) is 10.1. The van der Waals surface area contributed by atoms with Crippen LogP contribution in [-0.2, 0) is 48.3 Å². The number of ketones is 1. The Bertz CT molecular complexity index is 2830. The average molecular weight is 1050 g/mol. The Morgan fingerprint density at radius 3 is 1.92 bits per heavy atom. The maximum atomic E-state index is 14.4. The second-order valence-electron chi connectivity index (χ2n) is 19.9. The highest BCUT2D eigenvalue weighted by atomic mass is 32.2. The van der Waals surface area contributed by atoms with Crippen LogP contribution in [-0.4, -0.2) is 89.2 Å². The summed E-state index contributed by atoms with van der Waals surface area (Å²) in [6.45, 7) is 9.57. The molecule has 6 rings (SSSR count). The molecule has 0 unspecified atom stereocenters. The topological polar surface area (TPSA) is 233 Å². The number of carbonyl (C=O) groups excluding carboxylic acids is 3. The quantitative estimate of drug-likeness (QED) is 0.0137. The Hall–Kier alpha value is -4.39. The van der Waals surface area contributed by atoms with Crippen LogP contribution in [0.4, 0.5) is 11.4 Å². The number of Topliss-reactive ketones (excluding diaryl/α,β-unsaturated/α-hetero) is 1. The first kappa shape index (κ1) is 55.9. The number of thiocarbonyl (C=S) groups is 2. The number of ether oxygens (including phenoxy) is 2. The van der Waals surface area contributed by atoms with Crippen molar-refractivity contribution in [2.45, 2.75) is 158 Å². The van der Waals surface area contributed by atoms with E-state index in [2.05, 4.69) is 39.4 Å². The number of isothiocyanates is 2. The van der Waals surface area contributed by atoms with Gasteiger partial charge in [0.1, 0.15) is 21.5 Å². The summed E-state index contributed by atoms with van der Waals surface area (Å²) in [7, 11) is -9.60. The third-order valence-corrected chi connectivity index (χ3v) is 17.5. The van der Waals surface area contributed by atoms with Crippen molar-refractivity contribution < 1.29 is 59.6 Å². The minimum atomic E-state index is -4.81. The molecule has 0 heterocycles. The molecule has 2 aromatic carbocycles. The van der Waals surface area contributed by atoms with Gasteiger partial charge in [-0.3, -0.25) is 23.1 Å². The van der Waals surface area contributed by atoms with E-state index in [1.807, 2.05) is 13.8 Å². The lowest BCUT2D eigenvalue weighted by Gasteiger charge is -2.53. The van der Waals surface area contributed by atoms with Crippen LogP contribution in [0, 0.1) is 29.1 Å². The van der Waals surface area contributed by atoms with Gasteiger partial charge in [0.05, 0.1) is 33.9 Å². The highest BCUT2D eigenvalue weighted by Crippen LogP contribution is 2.77. The fourth-order valence-corrected chi connectivity index (χ4v) is 13.6. The van der Waals surface area contributed by atoms with Gasteiger partial charge in [-0.2, -0.15) is 26.8 Å². The molecule has 15 nitrogen and oxygen atoms in total. The molecular weight excluding hydrogens is 989 g/mol. The zero-order chi connectivity index (χ0) is 52.2. The zero-order valence-corrected chi connectivity index (χ0v) is 44.3. The number of aliphatic imine (C=N–C) groups is 2. The summed E-state index contributed by atoms with van der Waals surface area (Å²) < 4.78 is 81.8. The van der Waals surface area contributed by atoms with Gasteiger partial charge in [-0.05, 0) is 84.3 Å². The molecule has 4 aliphatic rings. The van der Waals surface area contributed by atoms with Crippen molar-refractivity contribution in [1.82, 2.24) is 0 Å². The van der Waals surface area contributed by atoms with Crippen LogP contribution >= 0.6 is 24.4 Å². The molecule has 2 aromatic rings. The molecule has 8 atom stereocenters. The van der Waals surface area contributed by atoms with Crippen LogP contribution in [0.2, 0.25) is 0 Å². The molecule has 19 heteroatoms. The zero-order valence-electron chi connectivity index (χ0n) is 41.0. The van der Waals surface area contributed by atoms with Crippen molar-refractivity contribution in [3.63, 3.8) is 0 Å². The molecule has 0 bridgehead atoms. The van der Waals surface area contributed by atoms with Crippen molar-refractivity contribution in [3.05, 3.63) is 70.8 Å². The molecule has 0 spiro atoms. The summed E-state index contributed by atoms with van der Waals surface area (Å²) in [5, 5.41) is 30.2. The van der Waals surface area contributed by atoms with Crippen molar-refractivity contribution in [2.75, 3.05) is 6.61 Å². The van der Waals surface area contributed by atoms with E-state index in [1.54, 1.807) is 13.0 Å². The number of nitrogens with zero attached hydrogens (tertiary/aromatic N) is 2. The van der Waals surface area contributed by atoms with Crippen LogP contribution in [0.3, 0.4) is 0 Å². The SMILES string of the molecule is CCCCCCCCCCCCCC(=O)O[C@@]12[C@H](OC(C)=O)[C@@H](C)[C@@]3(O)[C@@H](C=C(COS(=O)(=O)c4cc(N=C=S)ccc4C=Cc4ccc(N=C=S)cc4S(=O)(=O)O)C[C@]4(O)C(=O)C(C)=C[C@@H]34)[C@@H]1C2(C)C. The summed E-state index contributed by atoms with van der Waals surface area (Å²) in [5.74, 6) is -5.90. The van der Waals surface area contributed by atoms with Crippen LogP contribution in [0.15, 0.2) is 79.5 Å². The molecule has 0 aromatic heterocycles. The van der Waals surface area contributed by atoms with Gasteiger partial charge in [0, 0.05) is 48.9 Å². The molecule has 71 heavy (non-hydrogen) atoms. The molecule has 0 saturated heterocycles. The van der Waals surface area contributed by atoms with Gasteiger partial charge in [0.15, 0.2) is 11.4 Å². The van der Waals surface area contributed by atoms with E-state index in [4.69, 9.17) is 25.9 Å². The summed E-state index contributed by atoms with van der Waals surface area (Å²) in [6.07, 6.45) is 16.2. The summed E-state index contributed by atoms with van der Waals surface area (Å²) in [6, 6.07) is 7.78. The minimum Gasteiger partial charge on any atom is -0.458 e. The second-order valence-corrected chi connectivity index (χ2v) is 23.3. The fourth-order valence-electron chi connectivity index (χ4n) is 11.6. The standard InChI is InChI=1S/C52H64N2O13S4/c1-7-8-9-10-11-12-13-14-15-16-17-18-45(56)67-52-46(49(52,5)6)41-26-36(29-50(58)44(25-33(2)47(50)57)51(41,59)34(3)48(52)66-35(4)55)30-65-71(63,64)43-28-40(54-32-69)24-22-38(43)20-19-37-21-23-39(53-31-68)27-42(37)70(60,61)62/h19-28,34,41,44,46,48,58-59H,7-18,29-30H2,1-6H3,(H,60,61,62)/t34-,41+,44-,46-,48-,50-,51-,52-/m1/s1. The first-order valence-electron chi connectivity index (χ1n) is 24.2. The van der Waals surface area contributed by atoms with Crippen LogP contribution in [0.5, 0.6) is 0 Å². The Morgan fingerprint density at radius 2 is 1.38 bits per heavy atom. The number of unbranched alkanes of at least 4 members (excludes halogenated alkanes) is 10. The molecule has 4 aliphatic carbocycles. The molecule has 0 aliphatic heterocycles. The van der Waals surface area contributed by atoms with Crippen molar-refractivity contribution >= 4 is 96.2 Å². The number of esters is 2. The molecule has 0 amide bonds. The fraction of sp³-hybridized carbons (Fsp3) is 0.558. The van der Waals surface area contributed by atoms with Crippen molar-refractivity contribution in [1.29, 1.82) is 0 Å². The van der Waals surface area contributed by atoms with Gasteiger partial charge in [-0.15, -0.1) is 0 Å². The number of carbonyl (C=O) groups is 3. The van der Waals surface area contributed by atoms with Gasteiger partial charge < -0.3 is 19.7 Å². The van der Waals surface area contributed by atoms with E-state index in [0.717, 1.165) is 37.8 Å². The molecule has 0 radical (unpaired) electrons. The van der Waals surface area contributed by atoms with Gasteiger partial charge >= 0.3 is 11.9 Å². The van der Waals surface area contributed by atoms with Crippen LogP contribution in [0.1, 0.15) is 136 Å². The van der Waals surface area contributed by atoms with E-state index in [1.165, 1.54) is 94.9 Å². The minimum absolute atomic E-state index is 0.00131. The van der Waals surface area contributed by atoms with E-state index >= 15 is 0 Å². The monoisotopic (exact) mass is 1050 g/mol. The summed E-state index contributed by atoms with van der Waals surface area (Å²) >= 11 is 9.38. The van der Waals surface area contributed by atoms with Crippen molar-refractivity contribution in [2.24, 2.45) is 39.1 Å². The molecule has 3 N–H and O–H groups in total. The summed E-state index contributed by atoms with van der Waals surface area (Å²) in [4.78, 5) is 47.5. The molecule has 2 saturated carbocycles. The number of hydrogen-bond donors (Lipinski definition) is 3. The number of hydrogen-bond acceptors (Lipinski definition) is 16. The predicted molar refractivity (Wildman–Crippen MR) is 274 cm³/mol. The first-order chi connectivity index (χ1) is 33.4. The van der Waals surface area contributed by atoms with Crippen LogP contribution in [0.25, 0.3) is 12.2 Å². The van der Waals surface area contributed by atoms with E-state index in [0.29, 0.717) is 6.42 Å².